The van der Waals surface area contributed by atoms with Crippen LogP contribution in [0.2, 0.25) is 10.0 Å². The predicted octanol–water partition coefficient (Wildman–Crippen LogP) is 2.56. The summed E-state index contributed by atoms with van der Waals surface area (Å²) in [4.78, 5) is 10.6. The lowest BCUT2D eigenvalue weighted by atomic mass is 10.1. The Balaban J connectivity index is 2.24. The quantitative estimate of drug-likeness (QED) is 0.827. The van der Waals surface area contributed by atoms with E-state index in [1.165, 1.54) is 0 Å². The number of carbonyl (C=O) groups excluding carboxylic acids is 1. The first-order valence-corrected chi connectivity index (χ1v) is 5.25. The van der Waals surface area contributed by atoms with Crippen molar-refractivity contribution in [3.05, 3.63) is 33.3 Å². The van der Waals surface area contributed by atoms with Gasteiger partial charge in [0.1, 0.15) is 6.10 Å². The topological polar surface area (TPSA) is 52.3 Å². The Bertz CT molecular complexity index is 420. The van der Waals surface area contributed by atoms with Crippen LogP contribution in [0.25, 0.3) is 0 Å². The second-order valence-electron chi connectivity index (χ2n) is 3.47. The highest BCUT2D eigenvalue weighted by Gasteiger charge is 2.26. The molecule has 1 aliphatic carbocycles. The number of hydrogen-bond donors (Lipinski definition) is 1. The van der Waals surface area contributed by atoms with Gasteiger partial charge >= 0.3 is 6.09 Å². The Morgan fingerprint density at radius 1 is 1.40 bits per heavy atom. The van der Waals surface area contributed by atoms with E-state index >= 15 is 0 Å². The lowest BCUT2D eigenvalue weighted by molar-refractivity contribution is 0.112. The molecule has 2 N–H and O–H groups in total. The van der Waals surface area contributed by atoms with Gasteiger partial charge in [0.2, 0.25) is 0 Å². The zero-order chi connectivity index (χ0) is 11.0. The molecule has 0 saturated heterocycles. The molecule has 1 aromatic rings. The summed E-state index contributed by atoms with van der Waals surface area (Å²) in [6.07, 6.45) is 0.260. The van der Waals surface area contributed by atoms with Gasteiger partial charge in [-0.1, -0.05) is 29.3 Å². The molecular formula is C10H9Cl2NO2. The van der Waals surface area contributed by atoms with Gasteiger partial charge in [-0.3, -0.25) is 0 Å². The van der Waals surface area contributed by atoms with Gasteiger partial charge in [0.25, 0.3) is 0 Å². The van der Waals surface area contributed by atoms with E-state index in [9.17, 15) is 4.79 Å². The third kappa shape index (κ3) is 2.03. The third-order valence-electron chi connectivity index (χ3n) is 2.46. The molecular weight excluding hydrogens is 237 g/mol. The molecule has 1 unspecified atom stereocenters. The fraction of sp³-hybridized carbons (Fsp3) is 0.300. The van der Waals surface area contributed by atoms with Gasteiger partial charge in [-0.05, 0) is 17.2 Å². The van der Waals surface area contributed by atoms with E-state index in [0.29, 0.717) is 22.9 Å². The molecule has 1 aromatic carbocycles. The van der Waals surface area contributed by atoms with E-state index in [1.54, 1.807) is 6.07 Å². The van der Waals surface area contributed by atoms with Crippen LogP contribution in [0.1, 0.15) is 11.1 Å². The third-order valence-corrected chi connectivity index (χ3v) is 3.30. The van der Waals surface area contributed by atoms with E-state index in [0.717, 1.165) is 11.1 Å². The van der Waals surface area contributed by atoms with Crippen molar-refractivity contribution in [3.63, 3.8) is 0 Å². The Hall–Kier alpha value is -0.930. The Morgan fingerprint density at radius 3 is 2.80 bits per heavy atom. The second kappa shape index (κ2) is 3.91. The number of carbonyl (C=O) groups is 1. The molecule has 5 heteroatoms. The molecule has 0 heterocycles. The van der Waals surface area contributed by atoms with Crippen LogP contribution in [-0.4, -0.2) is 12.2 Å². The van der Waals surface area contributed by atoms with Crippen molar-refractivity contribution in [1.29, 1.82) is 0 Å². The second-order valence-corrected chi connectivity index (χ2v) is 4.25. The average molecular weight is 246 g/mol. The van der Waals surface area contributed by atoms with Gasteiger partial charge in [0.15, 0.2) is 0 Å². The van der Waals surface area contributed by atoms with Gasteiger partial charge < -0.3 is 10.5 Å². The van der Waals surface area contributed by atoms with Gasteiger partial charge in [-0.15, -0.1) is 0 Å². The van der Waals surface area contributed by atoms with Crippen molar-refractivity contribution in [3.8, 4) is 0 Å². The van der Waals surface area contributed by atoms with Crippen LogP contribution in [0.5, 0.6) is 0 Å². The van der Waals surface area contributed by atoms with Gasteiger partial charge in [0.05, 0.1) is 10.0 Å². The minimum Gasteiger partial charge on any atom is -0.446 e. The van der Waals surface area contributed by atoms with E-state index in [4.69, 9.17) is 33.7 Å². The molecule has 0 bridgehead atoms. The molecule has 0 radical (unpaired) electrons. The van der Waals surface area contributed by atoms with Crippen LogP contribution >= 0.6 is 23.2 Å². The monoisotopic (exact) mass is 245 g/mol. The average Bonchev–Trinajstić information content (AvgIpc) is 2.54. The van der Waals surface area contributed by atoms with E-state index in [1.807, 2.05) is 6.07 Å². The normalized spacial score (nSPS) is 18.7. The summed E-state index contributed by atoms with van der Waals surface area (Å²) in [5.41, 5.74) is 6.97. The Morgan fingerprint density at radius 2 is 2.13 bits per heavy atom. The highest BCUT2D eigenvalue weighted by Crippen LogP contribution is 2.34. The molecule has 0 fully saturated rings. The molecule has 2 rings (SSSR count). The Labute approximate surface area is 97.1 Å². The molecule has 15 heavy (non-hydrogen) atoms. The number of fused-ring (bicyclic) bond motifs is 1. The SMILES string of the molecule is NC(=O)OC1Cc2ccc(Cl)c(Cl)c2C1. The molecule has 1 aliphatic rings. The van der Waals surface area contributed by atoms with E-state index in [-0.39, 0.29) is 6.10 Å². The first-order valence-electron chi connectivity index (χ1n) is 4.49. The molecule has 1 atom stereocenters. The van der Waals surface area contributed by atoms with Crippen molar-refractivity contribution in [1.82, 2.24) is 0 Å². The number of halogens is 2. The lowest BCUT2D eigenvalue weighted by Crippen LogP contribution is -2.22. The van der Waals surface area contributed by atoms with Crippen molar-refractivity contribution in [2.24, 2.45) is 5.73 Å². The Kier molecular flexibility index (Phi) is 2.76. The number of benzene rings is 1. The smallest absolute Gasteiger partial charge is 0.404 e. The minimum absolute atomic E-state index is 0.214. The van der Waals surface area contributed by atoms with Crippen LogP contribution in [-0.2, 0) is 17.6 Å². The van der Waals surface area contributed by atoms with Crippen molar-refractivity contribution in [2.75, 3.05) is 0 Å². The largest absolute Gasteiger partial charge is 0.446 e. The molecule has 0 spiro atoms. The van der Waals surface area contributed by atoms with Crippen LogP contribution in [0.4, 0.5) is 4.79 Å². The van der Waals surface area contributed by atoms with Crippen molar-refractivity contribution >= 4 is 29.3 Å². The summed E-state index contributed by atoms with van der Waals surface area (Å²) in [7, 11) is 0. The van der Waals surface area contributed by atoms with Gasteiger partial charge in [-0.2, -0.15) is 0 Å². The zero-order valence-corrected chi connectivity index (χ0v) is 9.31. The number of hydrogen-bond acceptors (Lipinski definition) is 2. The standard InChI is InChI=1S/C10H9Cl2NO2/c11-8-2-1-5-3-6(15-10(13)14)4-7(5)9(8)12/h1-2,6H,3-4H2,(H2,13,14). The van der Waals surface area contributed by atoms with Crippen LogP contribution < -0.4 is 5.73 Å². The maximum absolute atomic E-state index is 10.6. The highest BCUT2D eigenvalue weighted by molar-refractivity contribution is 6.42. The first-order chi connectivity index (χ1) is 7.08. The lowest BCUT2D eigenvalue weighted by Gasteiger charge is -2.07. The first kappa shape index (κ1) is 10.6. The molecule has 0 aliphatic heterocycles. The van der Waals surface area contributed by atoms with E-state index < -0.39 is 6.09 Å². The van der Waals surface area contributed by atoms with Crippen molar-refractivity contribution in [2.45, 2.75) is 18.9 Å². The van der Waals surface area contributed by atoms with Crippen LogP contribution in [0.3, 0.4) is 0 Å². The van der Waals surface area contributed by atoms with Crippen LogP contribution in [0, 0.1) is 0 Å². The fourth-order valence-corrected chi connectivity index (χ4v) is 2.28. The fourth-order valence-electron chi connectivity index (χ4n) is 1.84. The number of ether oxygens (including phenoxy) is 1. The maximum atomic E-state index is 10.6. The summed E-state index contributed by atoms with van der Waals surface area (Å²) in [6, 6.07) is 3.64. The highest BCUT2D eigenvalue weighted by atomic mass is 35.5. The van der Waals surface area contributed by atoms with Crippen LogP contribution in [0.15, 0.2) is 12.1 Å². The van der Waals surface area contributed by atoms with Crippen molar-refractivity contribution < 1.29 is 9.53 Å². The minimum atomic E-state index is -0.755. The summed E-state index contributed by atoms with van der Waals surface area (Å²) in [5.74, 6) is 0. The predicted molar refractivity (Wildman–Crippen MR) is 58.3 cm³/mol. The number of rotatable bonds is 1. The summed E-state index contributed by atoms with van der Waals surface area (Å²) in [6.45, 7) is 0. The molecule has 80 valence electrons. The number of primary amides is 1. The molecule has 0 aromatic heterocycles. The number of nitrogens with two attached hydrogens (primary N) is 1. The number of amides is 1. The molecule has 3 nitrogen and oxygen atoms in total. The maximum Gasteiger partial charge on any atom is 0.404 e. The molecule has 1 amide bonds. The van der Waals surface area contributed by atoms with Gasteiger partial charge in [-0.25, -0.2) is 4.79 Å². The van der Waals surface area contributed by atoms with E-state index in [2.05, 4.69) is 0 Å². The molecule has 0 saturated carbocycles. The zero-order valence-electron chi connectivity index (χ0n) is 7.80. The van der Waals surface area contributed by atoms with Gasteiger partial charge in [0, 0.05) is 12.8 Å². The summed E-state index contributed by atoms with van der Waals surface area (Å²) >= 11 is 11.9. The summed E-state index contributed by atoms with van der Waals surface area (Å²) < 4.78 is 4.93. The summed E-state index contributed by atoms with van der Waals surface area (Å²) in [5, 5.41) is 1.07.